The minimum absolute atomic E-state index is 0.110. The van der Waals surface area contributed by atoms with E-state index in [4.69, 9.17) is 16.3 Å². The number of carbonyl (C=O) groups is 1. The van der Waals surface area contributed by atoms with Gasteiger partial charge in [-0.3, -0.25) is 4.79 Å². The van der Waals surface area contributed by atoms with E-state index in [2.05, 4.69) is 10.2 Å². The highest BCUT2D eigenvalue weighted by Gasteiger charge is 2.30. The van der Waals surface area contributed by atoms with E-state index < -0.39 is 15.9 Å². The molecule has 1 aromatic heterocycles. The molecule has 0 spiro atoms. The standard InChI is InChI=1S/C16H16ClN3O4S/c1-24-14-8-13(18-19-15(14)11-4-5-11)16(21)20-25(22,23)9-10-2-6-12(17)7-3-10/h2-3,6-8,11H,4-5,9H2,1H3,(H,20,21). The van der Waals surface area contributed by atoms with E-state index >= 15 is 0 Å². The second kappa shape index (κ2) is 6.97. The molecular formula is C16H16ClN3O4S. The Balaban J connectivity index is 1.73. The molecule has 0 radical (unpaired) electrons. The van der Waals surface area contributed by atoms with Crippen molar-refractivity contribution in [3.63, 3.8) is 0 Å². The lowest BCUT2D eigenvalue weighted by Crippen LogP contribution is -2.32. The lowest BCUT2D eigenvalue weighted by atomic mass is 10.2. The van der Waals surface area contributed by atoms with Crippen molar-refractivity contribution in [2.75, 3.05) is 7.11 Å². The number of carbonyl (C=O) groups excluding carboxylic acids is 1. The molecule has 1 aliphatic rings. The van der Waals surface area contributed by atoms with Crippen molar-refractivity contribution in [1.29, 1.82) is 0 Å². The third-order valence-corrected chi connectivity index (χ3v) is 5.18. The summed E-state index contributed by atoms with van der Waals surface area (Å²) >= 11 is 5.77. The highest BCUT2D eigenvalue weighted by Crippen LogP contribution is 2.42. The minimum Gasteiger partial charge on any atom is -0.495 e. The predicted molar refractivity (Wildman–Crippen MR) is 92.1 cm³/mol. The number of nitrogens with one attached hydrogen (secondary N) is 1. The molecule has 3 rings (SSSR count). The van der Waals surface area contributed by atoms with Gasteiger partial charge in [0.15, 0.2) is 5.69 Å². The Kier molecular flexibility index (Phi) is 4.91. The average molecular weight is 382 g/mol. The molecule has 1 aliphatic carbocycles. The quantitative estimate of drug-likeness (QED) is 0.824. The number of benzene rings is 1. The number of nitrogens with zero attached hydrogens (tertiary/aromatic N) is 2. The number of aromatic nitrogens is 2. The van der Waals surface area contributed by atoms with Crippen LogP contribution in [0.15, 0.2) is 30.3 Å². The van der Waals surface area contributed by atoms with Crippen molar-refractivity contribution in [3.8, 4) is 5.75 Å². The molecule has 0 atom stereocenters. The maximum atomic E-state index is 12.2. The van der Waals surface area contributed by atoms with Crippen LogP contribution in [0, 0.1) is 0 Å². The van der Waals surface area contributed by atoms with Gasteiger partial charge >= 0.3 is 0 Å². The molecular weight excluding hydrogens is 366 g/mol. The molecule has 1 N–H and O–H groups in total. The topological polar surface area (TPSA) is 98.2 Å². The molecule has 7 nitrogen and oxygen atoms in total. The number of hydrogen-bond acceptors (Lipinski definition) is 6. The number of amides is 1. The number of hydrogen-bond donors (Lipinski definition) is 1. The van der Waals surface area contributed by atoms with Crippen LogP contribution in [-0.4, -0.2) is 31.6 Å². The molecule has 132 valence electrons. The van der Waals surface area contributed by atoms with Gasteiger partial charge in [-0.1, -0.05) is 23.7 Å². The first kappa shape index (κ1) is 17.6. The van der Waals surface area contributed by atoms with Gasteiger partial charge in [0.2, 0.25) is 10.0 Å². The fourth-order valence-electron chi connectivity index (χ4n) is 2.33. The normalized spacial score (nSPS) is 14.2. The van der Waals surface area contributed by atoms with E-state index in [9.17, 15) is 13.2 Å². The second-order valence-electron chi connectivity index (χ2n) is 5.77. The van der Waals surface area contributed by atoms with Crippen LogP contribution in [0.25, 0.3) is 0 Å². The Labute approximate surface area is 150 Å². The van der Waals surface area contributed by atoms with Crippen LogP contribution in [0.5, 0.6) is 5.75 Å². The van der Waals surface area contributed by atoms with Crippen LogP contribution < -0.4 is 9.46 Å². The Hall–Kier alpha value is -2.19. The summed E-state index contributed by atoms with van der Waals surface area (Å²) in [5, 5.41) is 8.34. The molecule has 9 heteroatoms. The van der Waals surface area contributed by atoms with Gasteiger partial charge in [0.1, 0.15) is 11.4 Å². The third-order valence-electron chi connectivity index (χ3n) is 3.72. The van der Waals surface area contributed by atoms with Gasteiger partial charge in [0.25, 0.3) is 5.91 Å². The van der Waals surface area contributed by atoms with Gasteiger partial charge in [-0.25, -0.2) is 13.1 Å². The lowest BCUT2D eigenvalue weighted by Gasteiger charge is -2.09. The summed E-state index contributed by atoms with van der Waals surface area (Å²) in [5.74, 6) is -0.450. The van der Waals surface area contributed by atoms with Gasteiger partial charge < -0.3 is 4.74 Å². The van der Waals surface area contributed by atoms with E-state index in [1.54, 1.807) is 24.3 Å². The number of methoxy groups -OCH3 is 1. The van der Waals surface area contributed by atoms with E-state index in [0.717, 1.165) is 12.8 Å². The van der Waals surface area contributed by atoms with Crippen molar-refractivity contribution in [3.05, 3.63) is 52.3 Å². The Morgan fingerprint density at radius 1 is 1.28 bits per heavy atom. The second-order valence-corrected chi connectivity index (χ2v) is 7.93. The van der Waals surface area contributed by atoms with Gasteiger partial charge in [0, 0.05) is 17.0 Å². The van der Waals surface area contributed by atoms with Crippen molar-refractivity contribution in [1.82, 2.24) is 14.9 Å². The van der Waals surface area contributed by atoms with E-state index in [0.29, 0.717) is 27.9 Å². The van der Waals surface area contributed by atoms with Gasteiger partial charge in [0.05, 0.1) is 12.9 Å². The Morgan fingerprint density at radius 2 is 1.96 bits per heavy atom. The third kappa shape index (κ3) is 4.46. The van der Waals surface area contributed by atoms with E-state index in [1.807, 2.05) is 4.72 Å². The minimum atomic E-state index is -3.88. The Morgan fingerprint density at radius 3 is 2.56 bits per heavy atom. The molecule has 1 fully saturated rings. The number of ether oxygens (including phenoxy) is 1. The van der Waals surface area contributed by atoms with Crippen molar-refractivity contribution >= 4 is 27.5 Å². The molecule has 1 saturated carbocycles. The molecule has 2 aromatic rings. The van der Waals surface area contributed by atoms with Crippen LogP contribution in [0.3, 0.4) is 0 Å². The lowest BCUT2D eigenvalue weighted by molar-refractivity contribution is 0.0975. The molecule has 0 unspecified atom stereocenters. The zero-order valence-electron chi connectivity index (χ0n) is 13.4. The first-order chi connectivity index (χ1) is 11.9. The molecule has 25 heavy (non-hydrogen) atoms. The SMILES string of the molecule is COc1cc(C(=O)NS(=O)(=O)Cc2ccc(Cl)cc2)nnc1C1CC1. The summed E-state index contributed by atoms with van der Waals surface area (Å²) in [7, 11) is -2.41. The summed E-state index contributed by atoms with van der Waals surface area (Å²) in [6, 6.07) is 7.74. The zero-order chi connectivity index (χ0) is 18.0. The summed E-state index contributed by atoms with van der Waals surface area (Å²) in [6.07, 6.45) is 2.01. The Bertz CT molecular complexity index is 896. The van der Waals surface area contributed by atoms with E-state index in [-0.39, 0.29) is 11.4 Å². The van der Waals surface area contributed by atoms with Crippen molar-refractivity contribution in [2.24, 2.45) is 0 Å². The average Bonchev–Trinajstić information content (AvgIpc) is 3.40. The highest BCUT2D eigenvalue weighted by atomic mass is 35.5. The molecule has 1 aromatic carbocycles. The van der Waals surface area contributed by atoms with Crippen LogP contribution in [0.1, 0.15) is 40.5 Å². The number of rotatable bonds is 6. The van der Waals surface area contributed by atoms with Crippen LogP contribution in [-0.2, 0) is 15.8 Å². The fraction of sp³-hybridized carbons (Fsp3) is 0.312. The van der Waals surface area contributed by atoms with Gasteiger partial charge in [-0.15, -0.1) is 5.10 Å². The van der Waals surface area contributed by atoms with E-state index in [1.165, 1.54) is 13.2 Å². The molecule has 0 aliphatic heterocycles. The van der Waals surface area contributed by atoms with Crippen LogP contribution >= 0.6 is 11.6 Å². The molecule has 0 bridgehead atoms. The molecule has 1 heterocycles. The first-order valence-corrected chi connectivity index (χ1v) is 9.62. The van der Waals surface area contributed by atoms with Crippen molar-refractivity contribution < 1.29 is 17.9 Å². The van der Waals surface area contributed by atoms with Crippen LogP contribution in [0.4, 0.5) is 0 Å². The maximum absolute atomic E-state index is 12.2. The summed E-state index contributed by atoms with van der Waals surface area (Å²) < 4.78 is 31.6. The highest BCUT2D eigenvalue weighted by molar-refractivity contribution is 7.89. The van der Waals surface area contributed by atoms with Gasteiger partial charge in [-0.05, 0) is 30.5 Å². The maximum Gasteiger partial charge on any atom is 0.285 e. The fourth-order valence-corrected chi connectivity index (χ4v) is 3.54. The predicted octanol–water partition coefficient (Wildman–Crippen LogP) is 2.28. The monoisotopic (exact) mass is 381 g/mol. The number of halogens is 1. The summed E-state index contributed by atoms with van der Waals surface area (Å²) in [4.78, 5) is 12.2. The molecule has 0 saturated heterocycles. The summed E-state index contributed by atoms with van der Waals surface area (Å²) in [5.41, 5.74) is 1.10. The first-order valence-electron chi connectivity index (χ1n) is 7.59. The summed E-state index contributed by atoms with van der Waals surface area (Å²) in [6.45, 7) is 0. The van der Waals surface area contributed by atoms with Crippen molar-refractivity contribution in [2.45, 2.75) is 24.5 Å². The molecule has 1 amide bonds. The number of sulfonamides is 1. The smallest absolute Gasteiger partial charge is 0.285 e. The van der Waals surface area contributed by atoms with Gasteiger partial charge in [-0.2, -0.15) is 5.10 Å². The van der Waals surface area contributed by atoms with Crippen LogP contribution in [0.2, 0.25) is 5.02 Å². The zero-order valence-corrected chi connectivity index (χ0v) is 15.0. The largest absolute Gasteiger partial charge is 0.495 e.